The van der Waals surface area contributed by atoms with Crippen LogP contribution in [0.1, 0.15) is 42.3 Å². The highest BCUT2D eigenvalue weighted by Gasteiger charge is 2.35. The van der Waals surface area contributed by atoms with Crippen LogP contribution in [0, 0.1) is 5.92 Å². The summed E-state index contributed by atoms with van der Waals surface area (Å²) in [6.45, 7) is 0. The molecule has 1 aromatic heterocycles. The van der Waals surface area contributed by atoms with Gasteiger partial charge < -0.3 is 15.0 Å². The third kappa shape index (κ3) is 2.89. The summed E-state index contributed by atoms with van der Waals surface area (Å²) in [5, 5.41) is 4.03. The average molecular weight is 273 g/mol. The van der Waals surface area contributed by atoms with E-state index in [4.69, 9.17) is 15.0 Å². The van der Waals surface area contributed by atoms with E-state index in [1.165, 1.54) is 12.8 Å². The van der Waals surface area contributed by atoms with E-state index in [9.17, 15) is 0 Å². The summed E-state index contributed by atoms with van der Waals surface area (Å²) in [5.41, 5.74) is 7.23. The van der Waals surface area contributed by atoms with Gasteiger partial charge in [0.1, 0.15) is 6.10 Å². The summed E-state index contributed by atoms with van der Waals surface area (Å²) in [7, 11) is 1.69. The number of methoxy groups -OCH3 is 1. The van der Waals surface area contributed by atoms with Gasteiger partial charge in [0.2, 0.25) is 11.7 Å². The van der Waals surface area contributed by atoms with Gasteiger partial charge >= 0.3 is 0 Å². The number of rotatable bonds is 6. The molecule has 0 spiro atoms. The van der Waals surface area contributed by atoms with Crippen LogP contribution in [0.4, 0.5) is 0 Å². The lowest BCUT2D eigenvalue weighted by Gasteiger charge is -2.09. The Balaban J connectivity index is 1.68. The van der Waals surface area contributed by atoms with E-state index in [2.05, 4.69) is 10.1 Å². The van der Waals surface area contributed by atoms with Crippen LogP contribution in [-0.4, -0.2) is 17.3 Å². The molecule has 5 heteroatoms. The molecule has 2 N–H and O–H groups in total. The van der Waals surface area contributed by atoms with Crippen LogP contribution in [0.2, 0.25) is 0 Å². The fraction of sp³-hybridized carbons (Fsp3) is 0.467. The number of nitrogens with zero attached hydrogens (tertiary/aromatic N) is 2. The summed E-state index contributed by atoms with van der Waals surface area (Å²) in [4.78, 5) is 4.43. The van der Waals surface area contributed by atoms with E-state index in [1.807, 2.05) is 30.3 Å². The summed E-state index contributed by atoms with van der Waals surface area (Å²) < 4.78 is 10.7. The van der Waals surface area contributed by atoms with Crippen molar-refractivity contribution < 1.29 is 9.26 Å². The highest BCUT2D eigenvalue weighted by atomic mass is 16.5. The predicted molar refractivity (Wildman–Crippen MR) is 73.8 cm³/mol. The Kier molecular flexibility index (Phi) is 3.80. The third-order valence-corrected chi connectivity index (χ3v) is 3.66. The minimum Gasteiger partial charge on any atom is -0.373 e. The first-order valence-electron chi connectivity index (χ1n) is 6.93. The molecule has 1 aliphatic carbocycles. The van der Waals surface area contributed by atoms with E-state index in [0.717, 1.165) is 5.56 Å². The molecular formula is C15H19N3O2. The topological polar surface area (TPSA) is 74.2 Å². The van der Waals surface area contributed by atoms with Crippen LogP contribution in [-0.2, 0) is 11.2 Å². The second-order valence-corrected chi connectivity index (χ2v) is 5.26. The molecule has 2 unspecified atom stereocenters. The molecule has 1 heterocycles. The standard InChI is InChI=1S/C15H19N3O2/c1-19-14(11-7-8-11)15-17-13(20-18-15)9-12(16)10-5-3-2-4-6-10/h2-6,11-12,14H,7-9,16H2,1H3. The first kappa shape index (κ1) is 13.3. The van der Waals surface area contributed by atoms with Crippen LogP contribution in [0.5, 0.6) is 0 Å². The maximum Gasteiger partial charge on any atom is 0.228 e. The molecule has 0 bridgehead atoms. The van der Waals surface area contributed by atoms with Gasteiger partial charge in [0, 0.05) is 19.6 Å². The Hall–Kier alpha value is -1.72. The van der Waals surface area contributed by atoms with Crippen molar-refractivity contribution in [2.75, 3.05) is 7.11 Å². The summed E-state index contributed by atoms with van der Waals surface area (Å²) in [6, 6.07) is 9.80. The molecule has 0 amide bonds. The Morgan fingerprint density at radius 1 is 1.35 bits per heavy atom. The van der Waals surface area contributed by atoms with Crippen LogP contribution >= 0.6 is 0 Å². The third-order valence-electron chi connectivity index (χ3n) is 3.66. The Labute approximate surface area is 118 Å². The maximum absolute atomic E-state index is 6.16. The van der Waals surface area contributed by atoms with Crippen LogP contribution < -0.4 is 5.73 Å². The van der Waals surface area contributed by atoms with E-state index >= 15 is 0 Å². The van der Waals surface area contributed by atoms with Crippen LogP contribution in [0.25, 0.3) is 0 Å². The van der Waals surface area contributed by atoms with E-state index in [-0.39, 0.29) is 12.1 Å². The largest absolute Gasteiger partial charge is 0.373 e. The summed E-state index contributed by atoms with van der Waals surface area (Å²) in [5.74, 6) is 1.75. The summed E-state index contributed by atoms with van der Waals surface area (Å²) in [6.07, 6.45) is 2.84. The van der Waals surface area contributed by atoms with Gasteiger partial charge in [-0.25, -0.2) is 0 Å². The zero-order valence-corrected chi connectivity index (χ0v) is 11.5. The first-order chi connectivity index (χ1) is 9.78. The van der Waals surface area contributed by atoms with Gasteiger partial charge in [0.05, 0.1) is 0 Å². The van der Waals surface area contributed by atoms with Crippen molar-refractivity contribution in [2.24, 2.45) is 11.7 Å². The van der Waals surface area contributed by atoms with Crippen molar-refractivity contribution in [3.8, 4) is 0 Å². The van der Waals surface area contributed by atoms with Crippen molar-refractivity contribution in [2.45, 2.75) is 31.4 Å². The zero-order chi connectivity index (χ0) is 13.9. The minimum absolute atomic E-state index is 0.0413. The molecule has 1 fully saturated rings. The highest BCUT2D eigenvalue weighted by molar-refractivity contribution is 5.19. The molecule has 2 aromatic rings. The molecule has 0 aliphatic heterocycles. The zero-order valence-electron chi connectivity index (χ0n) is 11.5. The Morgan fingerprint density at radius 2 is 2.10 bits per heavy atom. The van der Waals surface area contributed by atoms with Crippen molar-refractivity contribution in [3.05, 3.63) is 47.6 Å². The molecule has 2 atom stereocenters. The van der Waals surface area contributed by atoms with E-state index in [1.54, 1.807) is 7.11 Å². The molecule has 1 aromatic carbocycles. The van der Waals surface area contributed by atoms with Crippen molar-refractivity contribution in [3.63, 3.8) is 0 Å². The normalized spacial score (nSPS) is 17.9. The van der Waals surface area contributed by atoms with Gasteiger partial charge in [0.25, 0.3) is 0 Å². The molecule has 20 heavy (non-hydrogen) atoms. The van der Waals surface area contributed by atoms with Crippen molar-refractivity contribution >= 4 is 0 Å². The molecule has 1 saturated carbocycles. The first-order valence-corrected chi connectivity index (χ1v) is 6.93. The maximum atomic E-state index is 6.16. The van der Waals surface area contributed by atoms with Crippen LogP contribution in [0.15, 0.2) is 34.9 Å². The average Bonchev–Trinajstić information content (AvgIpc) is 3.21. The number of hydrogen-bond donors (Lipinski definition) is 1. The SMILES string of the molecule is COC(c1noc(CC(N)c2ccccc2)n1)C1CC1. The monoisotopic (exact) mass is 273 g/mol. The minimum atomic E-state index is -0.133. The molecule has 1 aliphatic rings. The van der Waals surface area contributed by atoms with Crippen LogP contribution in [0.3, 0.4) is 0 Å². The lowest BCUT2D eigenvalue weighted by Crippen LogP contribution is -2.13. The number of nitrogens with two attached hydrogens (primary N) is 1. The van der Waals surface area contributed by atoms with E-state index < -0.39 is 0 Å². The highest BCUT2D eigenvalue weighted by Crippen LogP contribution is 2.41. The quantitative estimate of drug-likeness (QED) is 0.874. The van der Waals surface area contributed by atoms with Crippen molar-refractivity contribution in [1.29, 1.82) is 0 Å². The van der Waals surface area contributed by atoms with Gasteiger partial charge in [-0.2, -0.15) is 4.98 Å². The second-order valence-electron chi connectivity index (χ2n) is 5.26. The molecule has 0 saturated heterocycles. The lowest BCUT2D eigenvalue weighted by atomic mass is 10.1. The number of benzene rings is 1. The summed E-state index contributed by atoms with van der Waals surface area (Å²) >= 11 is 0. The van der Waals surface area contributed by atoms with Gasteiger partial charge in [-0.15, -0.1) is 0 Å². The smallest absolute Gasteiger partial charge is 0.228 e. The predicted octanol–water partition coefficient (Wildman–Crippen LogP) is 2.41. The number of hydrogen-bond acceptors (Lipinski definition) is 5. The Bertz CT molecular complexity index is 551. The van der Waals surface area contributed by atoms with Crippen molar-refractivity contribution in [1.82, 2.24) is 10.1 Å². The van der Waals surface area contributed by atoms with E-state index in [0.29, 0.717) is 24.1 Å². The van der Waals surface area contributed by atoms with Gasteiger partial charge in [-0.1, -0.05) is 35.5 Å². The number of ether oxygens (including phenoxy) is 1. The molecule has 106 valence electrons. The molecule has 0 radical (unpaired) electrons. The fourth-order valence-electron chi connectivity index (χ4n) is 2.38. The molecular weight excluding hydrogens is 254 g/mol. The molecule has 3 rings (SSSR count). The van der Waals surface area contributed by atoms with Gasteiger partial charge in [0.15, 0.2) is 0 Å². The van der Waals surface area contributed by atoms with Gasteiger partial charge in [-0.05, 0) is 24.3 Å². The fourth-order valence-corrected chi connectivity index (χ4v) is 2.38. The van der Waals surface area contributed by atoms with Gasteiger partial charge in [-0.3, -0.25) is 0 Å². The number of aromatic nitrogens is 2. The Morgan fingerprint density at radius 3 is 2.75 bits per heavy atom. The lowest BCUT2D eigenvalue weighted by molar-refractivity contribution is 0.0751. The second kappa shape index (κ2) is 5.73. The molecule has 5 nitrogen and oxygen atoms in total.